The third kappa shape index (κ3) is 5.12. The summed E-state index contributed by atoms with van der Waals surface area (Å²) in [5.41, 5.74) is 0. The first kappa shape index (κ1) is 17.0. The van der Waals surface area contributed by atoms with Crippen molar-refractivity contribution in [3.8, 4) is 0 Å². The average molecular weight is 283 g/mol. The van der Waals surface area contributed by atoms with Crippen molar-refractivity contribution in [3.05, 3.63) is 0 Å². The summed E-state index contributed by atoms with van der Waals surface area (Å²) < 4.78 is 0. The smallest absolute Gasteiger partial charge is 0.234 e. The number of hydrogen-bond donors (Lipinski definition) is 1. The van der Waals surface area contributed by atoms with Gasteiger partial charge in [-0.15, -0.1) is 0 Å². The van der Waals surface area contributed by atoms with Crippen LogP contribution >= 0.6 is 0 Å². The van der Waals surface area contributed by atoms with Gasteiger partial charge >= 0.3 is 0 Å². The van der Waals surface area contributed by atoms with E-state index in [2.05, 4.69) is 24.1 Å². The predicted octanol–water partition coefficient (Wildman–Crippen LogP) is 1.23. The third-order valence-corrected chi connectivity index (χ3v) is 4.32. The zero-order valence-electron chi connectivity index (χ0n) is 13.3. The summed E-state index contributed by atoms with van der Waals surface area (Å²) in [6, 6.07) is 0.620. The maximum atomic E-state index is 11.9. The van der Waals surface area contributed by atoms with Crippen molar-refractivity contribution < 1.29 is 9.59 Å². The minimum absolute atomic E-state index is 0.120. The van der Waals surface area contributed by atoms with Gasteiger partial charge in [0.05, 0.1) is 6.54 Å². The summed E-state index contributed by atoms with van der Waals surface area (Å²) in [5, 5.41) is 3.07. The second-order valence-corrected chi connectivity index (χ2v) is 5.72. The fraction of sp³-hybridized carbons (Fsp3) is 0.867. The first-order valence-electron chi connectivity index (χ1n) is 7.73. The highest BCUT2D eigenvalue weighted by Gasteiger charge is 2.24. The van der Waals surface area contributed by atoms with E-state index in [-0.39, 0.29) is 11.8 Å². The number of nitrogens with one attached hydrogen (secondary N) is 1. The number of carbonyl (C=O) groups is 2. The number of nitrogens with zero attached hydrogens (tertiary/aromatic N) is 2. The molecule has 116 valence electrons. The number of hydrogen-bond acceptors (Lipinski definition) is 3. The van der Waals surface area contributed by atoms with Gasteiger partial charge in [0.15, 0.2) is 0 Å². The summed E-state index contributed by atoms with van der Waals surface area (Å²) in [6.07, 6.45) is 3.87. The molecule has 20 heavy (non-hydrogen) atoms. The van der Waals surface area contributed by atoms with Gasteiger partial charge in [-0.1, -0.05) is 13.8 Å². The fourth-order valence-corrected chi connectivity index (χ4v) is 2.69. The van der Waals surface area contributed by atoms with Gasteiger partial charge in [-0.3, -0.25) is 14.5 Å². The lowest BCUT2D eigenvalue weighted by Crippen LogP contribution is -2.48. The predicted molar refractivity (Wildman–Crippen MR) is 80.4 cm³/mol. The van der Waals surface area contributed by atoms with Gasteiger partial charge in [-0.2, -0.15) is 0 Å². The van der Waals surface area contributed by atoms with Crippen molar-refractivity contribution in [2.75, 3.05) is 26.7 Å². The largest absolute Gasteiger partial charge is 0.352 e. The zero-order valence-corrected chi connectivity index (χ0v) is 13.3. The van der Waals surface area contributed by atoms with Crippen molar-refractivity contribution in [1.82, 2.24) is 15.1 Å². The summed E-state index contributed by atoms with van der Waals surface area (Å²) in [5.74, 6) is 0.243. The molecule has 0 aromatic rings. The minimum atomic E-state index is 0.120. The summed E-state index contributed by atoms with van der Waals surface area (Å²) in [7, 11) is 1.86. The SMILES string of the molecule is CCC(CC)NC(=O)CN1CCC(N(C)C(C)=O)CC1. The van der Waals surface area contributed by atoms with Gasteiger partial charge in [-0.05, 0) is 25.7 Å². The molecule has 1 saturated heterocycles. The molecule has 0 saturated carbocycles. The second-order valence-electron chi connectivity index (χ2n) is 5.72. The number of likely N-dealkylation sites (tertiary alicyclic amines) is 1. The standard InChI is InChI=1S/C15H29N3O2/c1-5-13(6-2)16-15(20)11-18-9-7-14(8-10-18)17(4)12(3)19/h13-14H,5-11H2,1-4H3,(H,16,20). The minimum Gasteiger partial charge on any atom is -0.352 e. The molecular weight excluding hydrogens is 254 g/mol. The molecular formula is C15H29N3O2. The molecule has 1 N–H and O–H groups in total. The Balaban J connectivity index is 2.32. The first-order chi connectivity index (χ1) is 9.47. The lowest BCUT2D eigenvalue weighted by molar-refractivity contribution is -0.131. The lowest BCUT2D eigenvalue weighted by Gasteiger charge is -2.36. The molecule has 0 radical (unpaired) electrons. The Kier molecular flexibility index (Phi) is 6.99. The van der Waals surface area contributed by atoms with Crippen LogP contribution in [0.3, 0.4) is 0 Å². The van der Waals surface area contributed by atoms with Crippen LogP contribution in [-0.4, -0.2) is 60.4 Å². The maximum Gasteiger partial charge on any atom is 0.234 e. The molecule has 0 unspecified atom stereocenters. The van der Waals surface area contributed by atoms with Gasteiger partial charge in [0.2, 0.25) is 11.8 Å². The first-order valence-corrected chi connectivity index (χ1v) is 7.73. The average Bonchev–Trinajstić information content (AvgIpc) is 2.44. The van der Waals surface area contributed by atoms with Gasteiger partial charge in [0.1, 0.15) is 0 Å². The van der Waals surface area contributed by atoms with Crippen molar-refractivity contribution in [3.63, 3.8) is 0 Å². The fourth-order valence-electron chi connectivity index (χ4n) is 2.69. The molecule has 0 aromatic heterocycles. The van der Waals surface area contributed by atoms with E-state index in [0.717, 1.165) is 38.8 Å². The normalized spacial score (nSPS) is 17.2. The molecule has 0 bridgehead atoms. The van der Waals surface area contributed by atoms with Crippen molar-refractivity contribution in [1.29, 1.82) is 0 Å². The number of piperidine rings is 1. The monoisotopic (exact) mass is 283 g/mol. The van der Waals surface area contributed by atoms with Crippen LogP contribution in [0.25, 0.3) is 0 Å². The van der Waals surface area contributed by atoms with Crippen LogP contribution in [0.5, 0.6) is 0 Å². The van der Waals surface area contributed by atoms with Crippen LogP contribution in [-0.2, 0) is 9.59 Å². The van der Waals surface area contributed by atoms with E-state index < -0.39 is 0 Å². The highest BCUT2D eigenvalue weighted by molar-refractivity contribution is 5.78. The second kappa shape index (κ2) is 8.25. The maximum absolute atomic E-state index is 11.9. The quantitative estimate of drug-likeness (QED) is 0.798. The van der Waals surface area contributed by atoms with Crippen LogP contribution in [0.15, 0.2) is 0 Å². The molecule has 2 amide bonds. The zero-order chi connectivity index (χ0) is 15.1. The summed E-state index contributed by atoms with van der Waals surface area (Å²) in [6.45, 7) is 8.05. The molecule has 1 aliphatic heterocycles. The third-order valence-electron chi connectivity index (χ3n) is 4.32. The summed E-state index contributed by atoms with van der Waals surface area (Å²) >= 11 is 0. The Morgan fingerprint density at radius 3 is 2.25 bits per heavy atom. The number of amides is 2. The molecule has 1 fully saturated rings. The van der Waals surface area contributed by atoms with E-state index >= 15 is 0 Å². The highest BCUT2D eigenvalue weighted by Crippen LogP contribution is 2.15. The van der Waals surface area contributed by atoms with E-state index in [0.29, 0.717) is 18.6 Å². The van der Waals surface area contributed by atoms with Crippen molar-refractivity contribution in [2.45, 2.75) is 58.5 Å². The van der Waals surface area contributed by atoms with Crippen LogP contribution in [0.2, 0.25) is 0 Å². The van der Waals surface area contributed by atoms with Crippen molar-refractivity contribution >= 4 is 11.8 Å². The Labute approximate surface area is 122 Å². The topological polar surface area (TPSA) is 52.7 Å². The molecule has 1 rings (SSSR count). The van der Waals surface area contributed by atoms with E-state index in [4.69, 9.17) is 0 Å². The Bertz CT molecular complexity index is 321. The molecule has 0 spiro atoms. The Morgan fingerprint density at radius 1 is 1.25 bits per heavy atom. The van der Waals surface area contributed by atoms with Gasteiger partial charge in [-0.25, -0.2) is 0 Å². The number of carbonyl (C=O) groups excluding carboxylic acids is 2. The number of rotatable bonds is 6. The molecule has 1 aliphatic rings. The van der Waals surface area contributed by atoms with Crippen molar-refractivity contribution in [2.24, 2.45) is 0 Å². The van der Waals surface area contributed by atoms with E-state index in [1.165, 1.54) is 0 Å². The van der Waals surface area contributed by atoms with Gasteiger partial charge in [0, 0.05) is 39.1 Å². The van der Waals surface area contributed by atoms with E-state index in [1.54, 1.807) is 6.92 Å². The lowest BCUT2D eigenvalue weighted by atomic mass is 10.0. The molecule has 5 nitrogen and oxygen atoms in total. The van der Waals surface area contributed by atoms with Gasteiger partial charge in [0.25, 0.3) is 0 Å². The molecule has 0 aliphatic carbocycles. The van der Waals surface area contributed by atoms with Crippen LogP contribution in [0.4, 0.5) is 0 Å². The molecule has 0 atom stereocenters. The molecule has 0 aromatic carbocycles. The Morgan fingerprint density at radius 2 is 1.80 bits per heavy atom. The van der Waals surface area contributed by atoms with Crippen LogP contribution < -0.4 is 5.32 Å². The highest BCUT2D eigenvalue weighted by atomic mass is 16.2. The van der Waals surface area contributed by atoms with Gasteiger partial charge < -0.3 is 10.2 Å². The summed E-state index contributed by atoms with van der Waals surface area (Å²) in [4.78, 5) is 27.3. The van der Waals surface area contributed by atoms with Crippen LogP contribution in [0.1, 0.15) is 46.5 Å². The van der Waals surface area contributed by atoms with E-state index in [9.17, 15) is 9.59 Å². The molecule has 1 heterocycles. The van der Waals surface area contributed by atoms with Crippen LogP contribution in [0, 0.1) is 0 Å². The Hall–Kier alpha value is -1.10. The molecule has 5 heteroatoms. The van der Waals surface area contributed by atoms with E-state index in [1.807, 2.05) is 11.9 Å².